The van der Waals surface area contributed by atoms with Gasteiger partial charge in [-0.1, -0.05) is 0 Å². The molecule has 3 unspecified atom stereocenters. The third kappa shape index (κ3) is 3.90. The number of amides is 1. The summed E-state index contributed by atoms with van der Waals surface area (Å²) in [5.41, 5.74) is 0. The van der Waals surface area contributed by atoms with Gasteiger partial charge in [-0.2, -0.15) is 0 Å². The van der Waals surface area contributed by atoms with Gasteiger partial charge in [-0.25, -0.2) is 0 Å². The van der Waals surface area contributed by atoms with Gasteiger partial charge in [-0.05, 0) is 40.0 Å². The molecule has 1 rings (SSSR count). The van der Waals surface area contributed by atoms with Crippen molar-refractivity contribution in [2.24, 2.45) is 0 Å². The number of ether oxygens (including phenoxy) is 1. The first-order valence-electron chi connectivity index (χ1n) is 6.48. The number of hydrogen-bond acceptors (Lipinski definition) is 4. The Labute approximate surface area is 113 Å². The summed E-state index contributed by atoms with van der Waals surface area (Å²) in [6, 6.07) is 0.630. The number of rotatable bonds is 4. The summed E-state index contributed by atoms with van der Waals surface area (Å²) in [4.78, 5) is 25.4. The van der Waals surface area contributed by atoms with E-state index in [4.69, 9.17) is 0 Å². The van der Waals surface area contributed by atoms with Crippen LogP contribution < -0.4 is 0 Å². The zero-order chi connectivity index (χ0) is 13.7. The van der Waals surface area contributed by atoms with E-state index in [-0.39, 0.29) is 17.1 Å². The number of nitrogens with zero attached hydrogens (tertiary/aromatic N) is 1. The summed E-state index contributed by atoms with van der Waals surface area (Å²) in [7, 11) is 1.37. The standard InChI is InChI=1S/C13H23NO3S/c1-9-6-5-7-10(2)14(9)12(15)8-18-11(3)13(16)17-4/h9-11H,5-8H2,1-4H3. The average molecular weight is 273 g/mol. The summed E-state index contributed by atoms with van der Waals surface area (Å²) in [5, 5.41) is -0.283. The molecule has 1 fully saturated rings. The van der Waals surface area contributed by atoms with Crippen molar-refractivity contribution in [3.63, 3.8) is 0 Å². The molecule has 1 amide bonds. The third-order valence-corrected chi connectivity index (χ3v) is 4.58. The molecule has 0 spiro atoms. The van der Waals surface area contributed by atoms with E-state index in [2.05, 4.69) is 18.6 Å². The number of carbonyl (C=O) groups is 2. The topological polar surface area (TPSA) is 46.6 Å². The lowest BCUT2D eigenvalue weighted by Crippen LogP contribution is -2.48. The molecule has 4 nitrogen and oxygen atoms in total. The number of esters is 1. The zero-order valence-electron chi connectivity index (χ0n) is 11.6. The molecule has 1 aliphatic rings. The van der Waals surface area contributed by atoms with Crippen LogP contribution in [0.2, 0.25) is 0 Å². The SMILES string of the molecule is COC(=O)C(C)SCC(=O)N1C(C)CCCC1C. The van der Waals surface area contributed by atoms with E-state index in [9.17, 15) is 9.59 Å². The monoisotopic (exact) mass is 273 g/mol. The van der Waals surface area contributed by atoms with Crippen molar-refractivity contribution in [3.8, 4) is 0 Å². The van der Waals surface area contributed by atoms with Gasteiger partial charge in [0.05, 0.1) is 12.9 Å². The first-order valence-corrected chi connectivity index (χ1v) is 7.52. The number of carbonyl (C=O) groups excluding carboxylic acids is 2. The second kappa shape index (κ2) is 7.02. The van der Waals surface area contributed by atoms with Crippen LogP contribution in [-0.4, -0.2) is 47.0 Å². The average Bonchev–Trinajstić information content (AvgIpc) is 2.34. The molecule has 1 saturated heterocycles. The predicted octanol–water partition coefficient (Wildman–Crippen LogP) is 2.07. The van der Waals surface area contributed by atoms with Gasteiger partial charge in [-0.15, -0.1) is 11.8 Å². The van der Waals surface area contributed by atoms with E-state index >= 15 is 0 Å². The normalized spacial score (nSPS) is 25.7. The Hall–Kier alpha value is -0.710. The molecule has 0 radical (unpaired) electrons. The lowest BCUT2D eigenvalue weighted by Gasteiger charge is -2.39. The molecule has 1 aliphatic heterocycles. The van der Waals surface area contributed by atoms with Gasteiger partial charge in [0.1, 0.15) is 5.25 Å². The fourth-order valence-electron chi connectivity index (χ4n) is 2.42. The minimum Gasteiger partial charge on any atom is -0.468 e. The van der Waals surface area contributed by atoms with Gasteiger partial charge in [0.25, 0.3) is 0 Å². The molecular weight excluding hydrogens is 250 g/mol. The number of piperidine rings is 1. The first kappa shape index (κ1) is 15.3. The van der Waals surface area contributed by atoms with Gasteiger partial charge < -0.3 is 9.64 Å². The van der Waals surface area contributed by atoms with Crippen LogP contribution in [0.15, 0.2) is 0 Å². The molecular formula is C13H23NO3S. The molecule has 0 aliphatic carbocycles. The summed E-state index contributed by atoms with van der Waals surface area (Å²) in [6.07, 6.45) is 3.35. The van der Waals surface area contributed by atoms with Crippen molar-refractivity contribution in [2.45, 2.75) is 57.4 Å². The molecule has 3 atom stereocenters. The second-order valence-corrected chi connectivity index (χ2v) is 6.24. The van der Waals surface area contributed by atoms with Crippen LogP contribution in [0.5, 0.6) is 0 Å². The Morgan fingerprint density at radius 1 is 1.33 bits per heavy atom. The highest BCUT2D eigenvalue weighted by Crippen LogP contribution is 2.24. The Bertz CT molecular complexity index is 299. The van der Waals surface area contributed by atoms with Crippen LogP contribution in [-0.2, 0) is 14.3 Å². The largest absolute Gasteiger partial charge is 0.468 e. The zero-order valence-corrected chi connectivity index (χ0v) is 12.5. The predicted molar refractivity (Wildman–Crippen MR) is 73.6 cm³/mol. The molecule has 5 heteroatoms. The van der Waals surface area contributed by atoms with Crippen molar-refractivity contribution in [2.75, 3.05) is 12.9 Å². The molecule has 1 heterocycles. The fraction of sp³-hybridized carbons (Fsp3) is 0.846. The fourth-order valence-corrected chi connectivity index (χ4v) is 3.19. The van der Waals surface area contributed by atoms with Gasteiger partial charge >= 0.3 is 5.97 Å². The highest BCUT2D eigenvalue weighted by atomic mass is 32.2. The maximum absolute atomic E-state index is 12.2. The Balaban J connectivity index is 2.46. The van der Waals surface area contributed by atoms with Crippen LogP contribution in [0.4, 0.5) is 0 Å². The van der Waals surface area contributed by atoms with Crippen LogP contribution in [0.25, 0.3) is 0 Å². The Morgan fingerprint density at radius 3 is 2.39 bits per heavy atom. The highest BCUT2D eigenvalue weighted by Gasteiger charge is 2.29. The van der Waals surface area contributed by atoms with Crippen LogP contribution in [0, 0.1) is 0 Å². The maximum atomic E-state index is 12.2. The van der Waals surface area contributed by atoms with Crippen LogP contribution in [0.1, 0.15) is 40.0 Å². The Morgan fingerprint density at radius 2 is 1.89 bits per heavy atom. The van der Waals surface area contributed by atoms with Crippen molar-refractivity contribution < 1.29 is 14.3 Å². The van der Waals surface area contributed by atoms with E-state index in [1.165, 1.54) is 25.3 Å². The smallest absolute Gasteiger partial charge is 0.318 e. The minimum absolute atomic E-state index is 0.135. The first-order chi connectivity index (χ1) is 8.47. The van der Waals surface area contributed by atoms with Crippen molar-refractivity contribution >= 4 is 23.6 Å². The highest BCUT2D eigenvalue weighted by molar-refractivity contribution is 8.01. The molecule has 0 aromatic rings. The molecule has 0 bridgehead atoms. The molecule has 18 heavy (non-hydrogen) atoms. The maximum Gasteiger partial charge on any atom is 0.318 e. The Kier molecular flexibility index (Phi) is 5.99. The number of methoxy groups -OCH3 is 1. The quantitative estimate of drug-likeness (QED) is 0.736. The molecule has 0 aromatic carbocycles. The van der Waals surface area contributed by atoms with E-state index in [0.717, 1.165) is 12.8 Å². The number of hydrogen-bond donors (Lipinski definition) is 0. The van der Waals surface area contributed by atoms with Crippen LogP contribution in [0.3, 0.4) is 0 Å². The van der Waals surface area contributed by atoms with Gasteiger partial charge in [0.15, 0.2) is 0 Å². The summed E-state index contributed by atoms with van der Waals surface area (Å²) in [5.74, 6) is 0.216. The molecule has 0 saturated carbocycles. The summed E-state index contributed by atoms with van der Waals surface area (Å²) < 4.78 is 4.65. The number of likely N-dealkylation sites (tertiary alicyclic amines) is 1. The van der Waals surface area contributed by atoms with Crippen molar-refractivity contribution in [1.82, 2.24) is 4.90 Å². The van der Waals surface area contributed by atoms with Crippen molar-refractivity contribution in [3.05, 3.63) is 0 Å². The van der Waals surface area contributed by atoms with Gasteiger partial charge in [0, 0.05) is 12.1 Å². The number of thioether (sulfide) groups is 1. The van der Waals surface area contributed by atoms with Gasteiger partial charge in [-0.3, -0.25) is 9.59 Å². The van der Waals surface area contributed by atoms with E-state index in [0.29, 0.717) is 17.8 Å². The molecule has 0 N–H and O–H groups in total. The lowest BCUT2D eigenvalue weighted by atomic mass is 9.98. The molecule has 0 aromatic heterocycles. The van der Waals surface area contributed by atoms with E-state index in [1.807, 2.05) is 4.90 Å². The van der Waals surface area contributed by atoms with Crippen molar-refractivity contribution in [1.29, 1.82) is 0 Å². The summed E-state index contributed by atoms with van der Waals surface area (Å²) >= 11 is 1.35. The second-order valence-electron chi connectivity index (χ2n) is 4.91. The minimum atomic E-state index is -0.283. The van der Waals surface area contributed by atoms with E-state index in [1.54, 1.807) is 6.92 Å². The third-order valence-electron chi connectivity index (χ3n) is 3.47. The lowest BCUT2D eigenvalue weighted by molar-refractivity contribution is -0.139. The van der Waals surface area contributed by atoms with E-state index < -0.39 is 0 Å². The van der Waals surface area contributed by atoms with Crippen LogP contribution >= 0.6 is 11.8 Å². The summed E-state index contributed by atoms with van der Waals surface area (Å²) in [6.45, 7) is 5.97. The molecule has 104 valence electrons. The van der Waals surface area contributed by atoms with Gasteiger partial charge in [0.2, 0.25) is 5.91 Å².